The number of hydrogen-bond donors (Lipinski definition) is 1. The minimum atomic E-state index is -0.580. The zero-order chi connectivity index (χ0) is 18.4. The van der Waals surface area contributed by atoms with Crippen LogP contribution in [-0.2, 0) is 15.1 Å². The van der Waals surface area contributed by atoms with E-state index in [1.54, 1.807) is 18.4 Å². The summed E-state index contributed by atoms with van der Waals surface area (Å²) in [6.07, 6.45) is 3.53. The van der Waals surface area contributed by atoms with Gasteiger partial charge in [-0.2, -0.15) is 0 Å². The van der Waals surface area contributed by atoms with Crippen LogP contribution in [0.5, 0.6) is 0 Å². The maximum absolute atomic E-state index is 12.0. The molecule has 1 aromatic heterocycles. The van der Waals surface area contributed by atoms with Crippen molar-refractivity contribution in [3.63, 3.8) is 0 Å². The van der Waals surface area contributed by atoms with Gasteiger partial charge < -0.3 is 19.2 Å². The van der Waals surface area contributed by atoms with Crippen molar-refractivity contribution in [2.24, 2.45) is 0 Å². The van der Waals surface area contributed by atoms with E-state index in [0.717, 1.165) is 38.0 Å². The van der Waals surface area contributed by atoms with E-state index in [2.05, 4.69) is 4.90 Å². The van der Waals surface area contributed by atoms with Crippen LogP contribution in [0.25, 0.3) is 0 Å². The molecule has 1 unspecified atom stereocenters. The van der Waals surface area contributed by atoms with E-state index in [0.29, 0.717) is 18.6 Å². The van der Waals surface area contributed by atoms with Crippen molar-refractivity contribution in [1.82, 2.24) is 4.90 Å². The average Bonchev–Trinajstić information content (AvgIpc) is 3.23. The molecule has 0 radical (unpaired) electrons. The Balaban J connectivity index is 0.00000261. The highest BCUT2D eigenvalue weighted by molar-refractivity contribution is 5.85. The van der Waals surface area contributed by atoms with Gasteiger partial charge in [0, 0.05) is 38.9 Å². The fourth-order valence-electron chi connectivity index (χ4n) is 3.55. The molecule has 1 N–H and O–H groups in total. The molecule has 1 aliphatic heterocycles. The number of esters is 1. The van der Waals surface area contributed by atoms with Crippen LogP contribution < -0.4 is 0 Å². The highest BCUT2D eigenvalue weighted by Gasteiger charge is 2.39. The van der Waals surface area contributed by atoms with Gasteiger partial charge in [0.1, 0.15) is 17.5 Å². The average molecular weight is 394 g/mol. The molecule has 148 valence electrons. The van der Waals surface area contributed by atoms with Crippen LogP contribution in [0.1, 0.15) is 50.0 Å². The topological polar surface area (TPSA) is 62.9 Å². The molecule has 2 aromatic rings. The van der Waals surface area contributed by atoms with Gasteiger partial charge >= 0.3 is 5.97 Å². The number of aliphatic hydroxyl groups is 1. The summed E-state index contributed by atoms with van der Waals surface area (Å²) < 4.78 is 11.2. The van der Waals surface area contributed by atoms with E-state index in [-0.39, 0.29) is 18.4 Å². The monoisotopic (exact) mass is 393 g/mol. The maximum atomic E-state index is 12.0. The van der Waals surface area contributed by atoms with Crippen LogP contribution in [0.3, 0.4) is 0 Å². The van der Waals surface area contributed by atoms with E-state index >= 15 is 0 Å². The number of rotatable bonds is 7. The Labute approximate surface area is 166 Å². The third-order valence-electron chi connectivity index (χ3n) is 5.15. The zero-order valence-electron chi connectivity index (χ0n) is 15.7. The SMILES string of the molecule is CCC(=O)OC1(c2ccccc2)CCN(CCC(O)c2ccco2)CC1.Cl. The van der Waals surface area contributed by atoms with E-state index in [9.17, 15) is 9.90 Å². The van der Waals surface area contributed by atoms with E-state index in [1.165, 1.54) is 0 Å². The molecule has 6 heteroatoms. The molecule has 1 aromatic carbocycles. The Hall–Kier alpha value is -1.82. The molecule has 1 fully saturated rings. The molecule has 0 saturated carbocycles. The van der Waals surface area contributed by atoms with Crippen LogP contribution in [-0.4, -0.2) is 35.6 Å². The van der Waals surface area contributed by atoms with Gasteiger partial charge in [-0.1, -0.05) is 37.3 Å². The molecule has 0 amide bonds. The summed E-state index contributed by atoms with van der Waals surface area (Å²) in [6.45, 7) is 4.27. The van der Waals surface area contributed by atoms with Gasteiger partial charge in [0.05, 0.1) is 6.26 Å². The normalized spacial score (nSPS) is 17.7. The second kappa shape index (κ2) is 9.93. The van der Waals surface area contributed by atoms with Gasteiger partial charge in [0.2, 0.25) is 0 Å². The Bertz CT molecular complexity index is 681. The number of hydrogen-bond acceptors (Lipinski definition) is 5. The largest absolute Gasteiger partial charge is 0.467 e. The summed E-state index contributed by atoms with van der Waals surface area (Å²) in [6, 6.07) is 13.6. The number of carbonyl (C=O) groups excluding carboxylic acids is 1. The lowest BCUT2D eigenvalue weighted by atomic mass is 9.84. The third kappa shape index (κ3) is 5.34. The van der Waals surface area contributed by atoms with Crippen molar-refractivity contribution < 1.29 is 19.1 Å². The highest BCUT2D eigenvalue weighted by atomic mass is 35.5. The first-order valence-corrected chi connectivity index (χ1v) is 9.34. The molecule has 1 atom stereocenters. The van der Waals surface area contributed by atoms with Gasteiger partial charge in [-0.15, -0.1) is 12.4 Å². The Kier molecular flexibility index (Phi) is 7.90. The number of benzene rings is 1. The Morgan fingerprint density at radius 2 is 1.93 bits per heavy atom. The highest BCUT2D eigenvalue weighted by Crippen LogP contribution is 2.37. The van der Waals surface area contributed by atoms with Gasteiger partial charge in [-0.05, 0) is 24.1 Å². The Morgan fingerprint density at radius 3 is 2.52 bits per heavy atom. The molecular weight excluding hydrogens is 366 g/mol. The van der Waals surface area contributed by atoms with Gasteiger partial charge in [0.15, 0.2) is 0 Å². The van der Waals surface area contributed by atoms with Gasteiger partial charge in [-0.25, -0.2) is 0 Å². The number of nitrogens with zero attached hydrogens (tertiary/aromatic N) is 1. The minimum Gasteiger partial charge on any atom is -0.467 e. The molecule has 5 nitrogen and oxygen atoms in total. The second-order valence-corrected chi connectivity index (χ2v) is 6.85. The minimum absolute atomic E-state index is 0. The lowest BCUT2D eigenvalue weighted by molar-refractivity contribution is -0.166. The van der Waals surface area contributed by atoms with Gasteiger partial charge in [-0.3, -0.25) is 4.79 Å². The first kappa shape index (κ1) is 21.5. The molecule has 0 aliphatic carbocycles. The number of carbonyl (C=O) groups is 1. The van der Waals surface area contributed by atoms with Crippen LogP contribution in [0.2, 0.25) is 0 Å². The molecule has 3 rings (SSSR count). The molecule has 1 aliphatic rings. The molecule has 2 heterocycles. The van der Waals surface area contributed by atoms with Crippen LogP contribution in [0.15, 0.2) is 53.1 Å². The standard InChI is InChI=1S/C21H27NO4.ClH/c1-2-20(24)26-21(17-7-4-3-5-8-17)11-14-22(15-12-21)13-10-18(23)19-9-6-16-25-19;/h3-9,16,18,23H,2,10-15H2,1H3;1H. The number of piperidine rings is 1. The van der Waals surface area contributed by atoms with Crippen molar-refractivity contribution in [3.8, 4) is 0 Å². The molecule has 1 saturated heterocycles. The molecule has 0 spiro atoms. The summed E-state index contributed by atoms with van der Waals surface area (Å²) in [7, 11) is 0. The first-order valence-electron chi connectivity index (χ1n) is 9.34. The van der Waals surface area contributed by atoms with E-state index in [4.69, 9.17) is 9.15 Å². The summed E-state index contributed by atoms with van der Waals surface area (Å²) in [5.41, 5.74) is 0.530. The predicted molar refractivity (Wildman–Crippen MR) is 106 cm³/mol. The summed E-state index contributed by atoms with van der Waals surface area (Å²) in [4.78, 5) is 14.3. The van der Waals surface area contributed by atoms with Crippen LogP contribution >= 0.6 is 12.4 Å². The number of aliphatic hydroxyl groups excluding tert-OH is 1. The van der Waals surface area contributed by atoms with Gasteiger partial charge in [0.25, 0.3) is 0 Å². The number of ether oxygens (including phenoxy) is 1. The van der Waals surface area contributed by atoms with Crippen molar-refractivity contribution in [2.75, 3.05) is 19.6 Å². The lowest BCUT2D eigenvalue weighted by Gasteiger charge is -2.41. The second-order valence-electron chi connectivity index (χ2n) is 6.85. The summed E-state index contributed by atoms with van der Waals surface area (Å²) in [5, 5.41) is 10.2. The van der Waals surface area contributed by atoms with Crippen molar-refractivity contribution in [2.45, 2.75) is 44.3 Å². The van der Waals surface area contributed by atoms with Crippen molar-refractivity contribution >= 4 is 18.4 Å². The predicted octanol–water partition coefficient (Wildman–Crippen LogP) is 4.07. The fraction of sp³-hybridized carbons (Fsp3) is 0.476. The molecule has 27 heavy (non-hydrogen) atoms. The van der Waals surface area contributed by atoms with Crippen LogP contribution in [0, 0.1) is 0 Å². The van der Waals surface area contributed by atoms with Crippen LogP contribution in [0.4, 0.5) is 0 Å². The molecular formula is C21H28ClNO4. The number of furan rings is 1. The smallest absolute Gasteiger partial charge is 0.306 e. The maximum Gasteiger partial charge on any atom is 0.306 e. The third-order valence-corrected chi connectivity index (χ3v) is 5.15. The quantitative estimate of drug-likeness (QED) is 0.718. The Morgan fingerprint density at radius 1 is 1.22 bits per heavy atom. The molecule has 0 bridgehead atoms. The lowest BCUT2D eigenvalue weighted by Crippen LogP contribution is -2.45. The zero-order valence-corrected chi connectivity index (χ0v) is 16.5. The van der Waals surface area contributed by atoms with E-state index < -0.39 is 11.7 Å². The van der Waals surface area contributed by atoms with E-state index in [1.807, 2.05) is 37.3 Å². The summed E-state index contributed by atoms with van der Waals surface area (Å²) >= 11 is 0. The van der Waals surface area contributed by atoms with Crippen molar-refractivity contribution in [3.05, 3.63) is 60.1 Å². The fourth-order valence-corrected chi connectivity index (χ4v) is 3.55. The summed E-state index contributed by atoms with van der Waals surface area (Å²) in [5.74, 6) is 0.452. The number of halogens is 1. The van der Waals surface area contributed by atoms with Crippen molar-refractivity contribution in [1.29, 1.82) is 0 Å². The number of likely N-dealkylation sites (tertiary alicyclic amines) is 1. The first-order chi connectivity index (χ1) is 12.6.